The fourth-order valence-electron chi connectivity index (χ4n) is 4.69. The molecule has 1 atom stereocenters. The van der Waals surface area contributed by atoms with Crippen molar-refractivity contribution in [2.75, 3.05) is 0 Å². The van der Waals surface area contributed by atoms with Gasteiger partial charge in [0, 0.05) is 0 Å². The van der Waals surface area contributed by atoms with E-state index in [4.69, 9.17) is 11.6 Å². The zero-order valence-corrected chi connectivity index (χ0v) is 22.0. The second-order valence-electron chi connectivity index (χ2n) is 9.72. The third-order valence-electron chi connectivity index (χ3n) is 6.68. The van der Waals surface area contributed by atoms with Gasteiger partial charge in [-0.25, -0.2) is 0 Å². The van der Waals surface area contributed by atoms with Gasteiger partial charge in [0.05, 0.1) is 4.87 Å². The van der Waals surface area contributed by atoms with Crippen LogP contribution in [0.25, 0.3) is 0 Å². The summed E-state index contributed by atoms with van der Waals surface area (Å²) >= 11 is 6.84. The zero-order chi connectivity index (χ0) is 22.8. The maximum absolute atomic E-state index is 6.84. The first-order valence-corrected chi connectivity index (χ1v) is 13.8. The molecular weight excluding hydrogens is 396 g/mol. The highest BCUT2D eigenvalue weighted by atomic mass is 35.5. The minimum absolute atomic E-state index is 0.224. The predicted octanol–water partition coefficient (Wildman–Crippen LogP) is 10.8. The normalized spacial score (nSPS) is 13.7. The van der Waals surface area contributed by atoms with Gasteiger partial charge < -0.3 is 0 Å². The maximum atomic E-state index is 6.84. The van der Waals surface area contributed by atoms with E-state index >= 15 is 0 Å². The van der Waals surface area contributed by atoms with Crippen molar-refractivity contribution in [3.63, 3.8) is 0 Å². The molecule has 0 fully saturated rings. The van der Waals surface area contributed by atoms with Crippen LogP contribution < -0.4 is 0 Å². The lowest BCUT2D eigenvalue weighted by Crippen LogP contribution is -2.15. The molecule has 0 amide bonds. The van der Waals surface area contributed by atoms with Crippen molar-refractivity contribution in [1.82, 2.24) is 0 Å². The molecule has 0 saturated heterocycles. The Hall–Kier alpha value is -0.750. The smallest absolute Gasteiger partial charge is 0.0669 e. The summed E-state index contributed by atoms with van der Waals surface area (Å²) in [5.74, 6) is 0. The van der Waals surface area contributed by atoms with Crippen molar-refractivity contribution in [2.24, 2.45) is 0 Å². The van der Waals surface area contributed by atoms with Crippen LogP contribution in [-0.4, -0.2) is 0 Å². The number of hydrogen-bond acceptors (Lipinski definition) is 0. The fraction of sp³-hybridized carbons (Fsp3) is 0.733. The highest BCUT2D eigenvalue weighted by Gasteiger charge is 2.24. The van der Waals surface area contributed by atoms with Crippen molar-refractivity contribution in [1.29, 1.82) is 0 Å². The molecule has 0 saturated carbocycles. The Morgan fingerprint density at radius 3 is 1.87 bits per heavy atom. The van der Waals surface area contributed by atoms with Crippen molar-refractivity contribution in [2.45, 2.75) is 142 Å². The first kappa shape index (κ1) is 28.3. The SMILES string of the molecule is CCCCCCCC/C=C\CCCCCCCCc1cccc(C(C)(Cl)CCC)c1C. The van der Waals surface area contributed by atoms with E-state index in [9.17, 15) is 0 Å². The van der Waals surface area contributed by atoms with Crippen LogP contribution in [0.15, 0.2) is 30.4 Å². The number of rotatable bonds is 19. The number of allylic oxidation sites excluding steroid dienone is 2. The summed E-state index contributed by atoms with van der Waals surface area (Å²) in [6.07, 6.45) is 27.3. The van der Waals surface area contributed by atoms with E-state index in [0.717, 1.165) is 12.8 Å². The first-order valence-electron chi connectivity index (χ1n) is 13.5. The van der Waals surface area contributed by atoms with E-state index in [2.05, 4.69) is 58.0 Å². The molecule has 0 N–H and O–H groups in total. The monoisotopic (exact) mass is 446 g/mol. The van der Waals surface area contributed by atoms with Gasteiger partial charge in [-0.1, -0.05) is 108 Å². The van der Waals surface area contributed by atoms with Gasteiger partial charge in [0.25, 0.3) is 0 Å². The number of unbranched alkanes of at least 4 members (excludes halogenated alkanes) is 12. The van der Waals surface area contributed by atoms with Gasteiger partial charge in [0.15, 0.2) is 0 Å². The van der Waals surface area contributed by atoms with Gasteiger partial charge in [-0.05, 0) is 75.5 Å². The molecule has 1 heteroatoms. The summed E-state index contributed by atoms with van der Waals surface area (Å²) in [5.41, 5.74) is 4.25. The zero-order valence-electron chi connectivity index (χ0n) is 21.3. The Morgan fingerprint density at radius 1 is 0.742 bits per heavy atom. The molecule has 1 aromatic rings. The van der Waals surface area contributed by atoms with Crippen LogP contribution in [0.3, 0.4) is 0 Å². The summed E-state index contributed by atoms with van der Waals surface area (Å²) < 4.78 is 0. The lowest BCUT2D eigenvalue weighted by molar-refractivity contribution is 0.587. The molecule has 1 unspecified atom stereocenters. The maximum Gasteiger partial charge on any atom is 0.0669 e. The topological polar surface area (TPSA) is 0 Å². The standard InChI is InChI=1S/C30H51Cl/c1-5-7-8-9-10-11-12-13-14-15-16-17-18-19-20-21-23-28-24-22-25-29(27(28)3)30(4,31)26-6-2/h13-14,22,24-25H,5-12,15-21,23,26H2,1-4H3/b14-13-. The average Bonchev–Trinajstić information content (AvgIpc) is 2.74. The van der Waals surface area contributed by atoms with Crippen LogP contribution in [-0.2, 0) is 11.3 Å². The van der Waals surface area contributed by atoms with Crippen LogP contribution in [0.4, 0.5) is 0 Å². The van der Waals surface area contributed by atoms with Crippen molar-refractivity contribution < 1.29 is 0 Å². The lowest BCUT2D eigenvalue weighted by Gasteiger charge is -2.25. The van der Waals surface area contributed by atoms with Crippen LogP contribution in [0.1, 0.15) is 140 Å². The molecule has 0 nitrogen and oxygen atoms in total. The summed E-state index contributed by atoms with van der Waals surface area (Å²) in [5, 5.41) is 0. The van der Waals surface area contributed by atoms with Crippen LogP contribution >= 0.6 is 11.6 Å². The molecule has 0 aliphatic carbocycles. The van der Waals surface area contributed by atoms with Gasteiger partial charge in [-0.2, -0.15) is 0 Å². The highest BCUT2D eigenvalue weighted by molar-refractivity contribution is 6.23. The number of halogens is 1. The Balaban J connectivity index is 2.08. The molecule has 31 heavy (non-hydrogen) atoms. The molecule has 0 spiro atoms. The largest absolute Gasteiger partial charge is 0.114 e. The van der Waals surface area contributed by atoms with E-state index in [-0.39, 0.29) is 4.87 Å². The number of aryl methyl sites for hydroxylation is 1. The quantitative estimate of drug-likeness (QED) is 0.112. The van der Waals surface area contributed by atoms with Gasteiger partial charge in [-0.3, -0.25) is 0 Å². The molecule has 0 aliphatic heterocycles. The molecule has 0 aliphatic rings. The molecule has 0 bridgehead atoms. The summed E-state index contributed by atoms with van der Waals surface area (Å²) in [6, 6.07) is 6.73. The van der Waals surface area contributed by atoms with E-state index in [1.54, 1.807) is 0 Å². The number of benzene rings is 1. The predicted molar refractivity (Wildman–Crippen MR) is 142 cm³/mol. The van der Waals surface area contributed by atoms with E-state index in [1.807, 2.05) is 0 Å². The molecular formula is C30H51Cl. The van der Waals surface area contributed by atoms with E-state index in [1.165, 1.54) is 113 Å². The second kappa shape index (κ2) is 17.8. The van der Waals surface area contributed by atoms with Crippen LogP contribution in [0, 0.1) is 6.92 Å². The van der Waals surface area contributed by atoms with E-state index < -0.39 is 0 Å². The van der Waals surface area contributed by atoms with Gasteiger partial charge >= 0.3 is 0 Å². The second-order valence-corrected chi connectivity index (χ2v) is 10.6. The van der Waals surface area contributed by atoms with Crippen LogP contribution in [0.2, 0.25) is 0 Å². The van der Waals surface area contributed by atoms with Crippen molar-refractivity contribution in [3.8, 4) is 0 Å². The van der Waals surface area contributed by atoms with Gasteiger partial charge in [-0.15, -0.1) is 11.6 Å². The fourth-order valence-corrected chi connectivity index (χ4v) is 5.08. The summed E-state index contributed by atoms with van der Waals surface area (Å²) in [6.45, 7) is 8.94. The number of alkyl halides is 1. The first-order chi connectivity index (χ1) is 15.0. The molecule has 0 heterocycles. The minimum atomic E-state index is -0.224. The Labute approximate surface area is 200 Å². The molecule has 1 rings (SSSR count). The lowest BCUT2D eigenvalue weighted by atomic mass is 9.88. The Morgan fingerprint density at radius 2 is 1.29 bits per heavy atom. The van der Waals surface area contributed by atoms with Crippen molar-refractivity contribution >= 4 is 11.6 Å². The van der Waals surface area contributed by atoms with Gasteiger partial charge in [0.1, 0.15) is 0 Å². The van der Waals surface area contributed by atoms with Crippen molar-refractivity contribution in [3.05, 3.63) is 47.0 Å². The summed E-state index contributed by atoms with van der Waals surface area (Å²) in [7, 11) is 0. The average molecular weight is 447 g/mol. The third-order valence-corrected chi connectivity index (χ3v) is 7.08. The molecule has 178 valence electrons. The molecule has 1 aromatic carbocycles. The Kier molecular flexibility index (Phi) is 16.2. The third kappa shape index (κ3) is 12.8. The summed E-state index contributed by atoms with van der Waals surface area (Å²) in [4.78, 5) is -0.224. The molecule has 0 aromatic heterocycles. The van der Waals surface area contributed by atoms with Gasteiger partial charge in [0.2, 0.25) is 0 Å². The highest BCUT2D eigenvalue weighted by Crippen LogP contribution is 2.36. The van der Waals surface area contributed by atoms with Crippen LogP contribution in [0.5, 0.6) is 0 Å². The minimum Gasteiger partial charge on any atom is -0.114 e. The van der Waals surface area contributed by atoms with E-state index in [0.29, 0.717) is 0 Å². The Bertz CT molecular complexity index is 584. The molecule has 0 radical (unpaired) electrons. The number of hydrogen-bond donors (Lipinski definition) is 0.